The smallest absolute Gasteiger partial charge is 0.336 e. The number of anilines is 1. The van der Waals surface area contributed by atoms with Crippen molar-refractivity contribution >= 4 is 41.4 Å². The summed E-state index contributed by atoms with van der Waals surface area (Å²) in [6.45, 7) is 1.37. The van der Waals surface area contributed by atoms with Gasteiger partial charge in [0.05, 0.1) is 18.2 Å². The van der Waals surface area contributed by atoms with E-state index in [9.17, 15) is 24.5 Å². The second-order valence-corrected chi connectivity index (χ2v) is 7.46. The first kappa shape index (κ1) is 26.3. The number of hydrogen-bond donors (Lipinski definition) is 2. The van der Waals surface area contributed by atoms with Crippen LogP contribution >= 0.6 is 0 Å². The van der Waals surface area contributed by atoms with E-state index in [0.717, 1.165) is 17.8 Å². The summed E-state index contributed by atoms with van der Waals surface area (Å²) < 4.78 is 10.4. The lowest BCUT2D eigenvalue weighted by Gasteiger charge is -2.06. The van der Waals surface area contributed by atoms with Gasteiger partial charge < -0.3 is 14.8 Å². The van der Waals surface area contributed by atoms with Crippen LogP contribution in [0.4, 0.5) is 11.4 Å². The highest BCUT2D eigenvalue weighted by molar-refractivity contribution is 5.96. The summed E-state index contributed by atoms with van der Waals surface area (Å²) in [6.07, 6.45) is 3.88. The number of nitro groups is 1. The zero-order chi connectivity index (χ0) is 26.8. The van der Waals surface area contributed by atoms with E-state index >= 15 is 0 Å². The maximum atomic E-state index is 12.3. The Balaban J connectivity index is 1.71. The van der Waals surface area contributed by atoms with Gasteiger partial charge in [-0.05, 0) is 54.1 Å². The van der Waals surface area contributed by atoms with Crippen LogP contribution in [0.25, 0.3) is 6.08 Å². The number of rotatable bonds is 9. The molecule has 2 N–H and O–H groups in total. The molecule has 0 aliphatic rings. The molecule has 3 rings (SSSR count). The Morgan fingerprint density at radius 1 is 1.00 bits per heavy atom. The molecule has 0 atom stereocenters. The first-order valence-electron chi connectivity index (χ1n) is 10.8. The number of nitrogens with one attached hydrogen (secondary N) is 2. The summed E-state index contributed by atoms with van der Waals surface area (Å²) in [5.74, 6) is -0.845. The molecule has 0 aromatic heterocycles. The van der Waals surface area contributed by atoms with Crippen molar-refractivity contribution in [3.05, 3.63) is 99.6 Å². The first-order chi connectivity index (χ1) is 17.7. The summed E-state index contributed by atoms with van der Waals surface area (Å²) in [5, 5.41) is 17.6. The number of ether oxygens (including phenoxy) is 2. The third kappa shape index (κ3) is 7.86. The van der Waals surface area contributed by atoms with E-state index in [0.29, 0.717) is 11.4 Å². The molecule has 0 aliphatic carbocycles. The van der Waals surface area contributed by atoms with Gasteiger partial charge in [-0.25, -0.2) is 10.2 Å². The van der Waals surface area contributed by atoms with Gasteiger partial charge in [0.2, 0.25) is 5.91 Å². The van der Waals surface area contributed by atoms with E-state index in [2.05, 4.69) is 15.8 Å². The highest BCUT2D eigenvalue weighted by atomic mass is 16.6. The topological polar surface area (TPSA) is 149 Å². The van der Waals surface area contributed by atoms with Crippen LogP contribution < -0.4 is 20.2 Å². The first-order valence-corrected chi connectivity index (χ1v) is 10.8. The molecule has 0 heterocycles. The lowest BCUT2D eigenvalue weighted by Crippen LogP contribution is -2.17. The highest BCUT2D eigenvalue weighted by Crippen LogP contribution is 2.23. The quantitative estimate of drug-likeness (QED) is 0.112. The van der Waals surface area contributed by atoms with Crippen molar-refractivity contribution in [2.75, 3.05) is 12.4 Å². The Bertz CT molecular complexity index is 1360. The fourth-order valence-electron chi connectivity index (χ4n) is 3.00. The molecule has 0 bridgehead atoms. The Hall–Kier alpha value is -5.32. The lowest BCUT2D eigenvalue weighted by molar-refractivity contribution is -0.384. The molecule has 0 saturated carbocycles. The number of non-ortho nitro benzene ring substituents is 1. The number of benzene rings is 3. The number of nitro benzene ring substituents is 1. The Morgan fingerprint density at radius 2 is 1.70 bits per heavy atom. The number of methoxy groups -OCH3 is 1. The number of carbonyl (C=O) groups excluding carboxylic acids is 3. The SMILES string of the molecule is COc1ccc(/C=C/C(=O)Oc2ccc([N+](=O)[O-])cc2/C=N/NC(=O)c2ccc(NC(C)=O)cc2)cc1. The number of esters is 1. The minimum absolute atomic E-state index is 0.00707. The standard InChI is InChI=1S/C26H22N4O7/c1-17(31)28-21-8-6-19(7-9-21)26(33)29-27-16-20-15-22(30(34)35)10-13-24(20)37-25(32)14-5-18-3-11-23(36-2)12-4-18/h3-16H,1-2H3,(H,28,31)(H,29,33)/b14-5+,27-16+. The van der Waals surface area contributed by atoms with Crippen molar-refractivity contribution in [3.63, 3.8) is 0 Å². The lowest BCUT2D eigenvalue weighted by atomic mass is 10.2. The summed E-state index contributed by atoms with van der Waals surface area (Å²) in [5.41, 5.74) is 3.67. The average Bonchev–Trinajstić information content (AvgIpc) is 2.88. The Labute approximate surface area is 211 Å². The molecular weight excluding hydrogens is 480 g/mol. The summed E-state index contributed by atoms with van der Waals surface area (Å²) in [6, 6.07) is 16.7. The van der Waals surface area contributed by atoms with Gasteiger partial charge in [0.25, 0.3) is 11.6 Å². The van der Waals surface area contributed by atoms with Gasteiger partial charge >= 0.3 is 5.97 Å². The number of hydrazone groups is 1. The zero-order valence-corrected chi connectivity index (χ0v) is 19.8. The molecular formula is C26H22N4O7. The number of amides is 2. The maximum absolute atomic E-state index is 12.3. The van der Waals surface area contributed by atoms with E-state index < -0.39 is 16.8 Å². The largest absolute Gasteiger partial charge is 0.497 e. The van der Waals surface area contributed by atoms with E-state index in [1.807, 2.05) is 0 Å². The fraction of sp³-hybridized carbons (Fsp3) is 0.0769. The molecule has 0 radical (unpaired) electrons. The van der Waals surface area contributed by atoms with Crippen molar-refractivity contribution in [2.45, 2.75) is 6.92 Å². The van der Waals surface area contributed by atoms with Gasteiger partial charge in [0, 0.05) is 41.9 Å². The van der Waals surface area contributed by atoms with Gasteiger partial charge in [0.15, 0.2) is 0 Å². The molecule has 0 saturated heterocycles. The number of nitrogens with zero attached hydrogens (tertiary/aromatic N) is 2. The minimum Gasteiger partial charge on any atom is -0.497 e. The van der Waals surface area contributed by atoms with E-state index in [1.165, 1.54) is 37.3 Å². The predicted molar refractivity (Wildman–Crippen MR) is 137 cm³/mol. The van der Waals surface area contributed by atoms with Crippen LogP contribution in [0.15, 0.2) is 77.9 Å². The van der Waals surface area contributed by atoms with Crippen molar-refractivity contribution < 1.29 is 28.8 Å². The molecule has 3 aromatic carbocycles. The fourth-order valence-corrected chi connectivity index (χ4v) is 3.00. The van der Waals surface area contributed by atoms with Crippen LogP contribution in [0.1, 0.15) is 28.4 Å². The molecule has 3 aromatic rings. The number of hydrogen-bond acceptors (Lipinski definition) is 8. The average molecular weight is 502 g/mol. The summed E-state index contributed by atoms with van der Waals surface area (Å²) in [4.78, 5) is 46.4. The van der Waals surface area contributed by atoms with Gasteiger partial charge in [0.1, 0.15) is 11.5 Å². The highest BCUT2D eigenvalue weighted by Gasteiger charge is 2.13. The molecule has 0 spiro atoms. The van der Waals surface area contributed by atoms with Crippen LogP contribution in [0, 0.1) is 10.1 Å². The zero-order valence-electron chi connectivity index (χ0n) is 19.8. The molecule has 0 unspecified atom stereocenters. The van der Waals surface area contributed by atoms with Crippen LogP contribution in [0.5, 0.6) is 11.5 Å². The van der Waals surface area contributed by atoms with Gasteiger partial charge in [-0.2, -0.15) is 5.10 Å². The molecule has 37 heavy (non-hydrogen) atoms. The summed E-state index contributed by atoms with van der Waals surface area (Å²) >= 11 is 0. The van der Waals surface area contributed by atoms with E-state index in [-0.39, 0.29) is 28.5 Å². The van der Waals surface area contributed by atoms with Gasteiger partial charge in [-0.3, -0.25) is 19.7 Å². The van der Waals surface area contributed by atoms with Crippen molar-refractivity contribution in [1.82, 2.24) is 5.43 Å². The van der Waals surface area contributed by atoms with E-state index in [1.54, 1.807) is 49.6 Å². The Kier molecular flexibility index (Phi) is 8.81. The molecule has 0 aliphatic heterocycles. The monoisotopic (exact) mass is 502 g/mol. The molecule has 2 amide bonds. The maximum Gasteiger partial charge on any atom is 0.336 e. The third-order valence-electron chi connectivity index (χ3n) is 4.78. The molecule has 188 valence electrons. The Morgan fingerprint density at radius 3 is 2.32 bits per heavy atom. The van der Waals surface area contributed by atoms with Crippen molar-refractivity contribution in [2.24, 2.45) is 5.10 Å². The normalized spacial score (nSPS) is 10.8. The second-order valence-electron chi connectivity index (χ2n) is 7.46. The minimum atomic E-state index is -0.720. The van der Waals surface area contributed by atoms with Gasteiger partial charge in [-0.1, -0.05) is 12.1 Å². The van der Waals surface area contributed by atoms with Crippen LogP contribution in [0.3, 0.4) is 0 Å². The molecule has 11 nitrogen and oxygen atoms in total. The summed E-state index contributed by atoms with van der Waals surface area (Å²) in [7, 11) is 1.55. The van der Waals surface area contributed by atoms with Gasteiger partial charge in [-0.15, -0.1) is 0 Å². The van der Waals surface area contributed by atoms with Crippen LogP contribution in [-0.2, 0) is 9.59 Å². The predicted octanol–water partition coefficient (Wildman–Crippen LogP) is 3.94. The van der Waals surface area contributed by atoms with Crippen molar-refractivity contribution in [1.29, 1.82) is 0 Å². The second kappa shape index (κ2) is 12.4. The molecule has 11 heteroatoms. The molecule has 0 fully saturated rings. The van der Waals surface area contributed by atoms with E-state index in [4.69, 9.17) is 9.47 Å². The number of carbonyl (C=O) groups is 3. The third-order valence-corrected chi connectivity index (χ3v) is 4.78. The van der Waals surface area contributed by atoms with Crippen LogP contribution in [-0.4, -0.2) is 36.0 Å². The van der Waals surface area contributed by atoms with Crippen molar-refractivity contribution in [3.8, 4) is 11.5 Å². The van der Waals surface area contributed by atoms with Crippen LogP contribution in [0.2, 0.25) is 0 Å².